The first-order valence-corrected chi connectivity index (χ1v) is 11.5. The van der Waals surface area contributed by atoms with Gasteiger partial charge < -0.3 is 14.8 Å². The topological polar surface area (TPSA) is 64.6 Å². The Labute approximate surface area is 186 Å². The summed E-state index contributed by atoms with van der Waals surface area (Å²) in [4.78, 5) is 26.9. The van der Waals surface area contributed by atoms with Crippen LogP contribution in [-0.2, 0) is 22.4 Å². The summed E-state index contributed by atoms with van der Waals surface area (Å²) in [5, 5.41) is 4.09. The lowest BCUT2D eigenvalue weighted by molar-refractivity contribution is -0.122. The quantitative estimate of drug-likeness (QED) is 0.437. The molecule has 1 aromatic carbocycles. The van der Waals surface area contributed by atoms with E-state index >= 15 is 0 Å². The van der Waals surface area contributed by atoms with E-state index in [1.165, 1.54) is 16.2 Å². The first kappa shape index (κ1) is 22.6. The van der Waals surface area contributed by atoms with Crippen LogP contribution in [0.15, 0.2) is 18.2 Å². The molecule has 2 aromatic rings. The third kappa shape index (κ3) is 5.35. The molecule has 1 unspecified atom stereocenters. The third-order valence-corrected chi connectivity index (χ3v) is 6.46. The Morgan fingerprint density at radius 1 is 1.13 bits per heavy atom. The number of amides is 1. The Kier molecular flexibility index (Phi) is 7.42. The van der Waals surface area contributed by atoms with Crippen LogP contribution in [0.25, 0.3) is 0 Å². The largest absolute Gasteiger partial charge is 0.481 e. The molecule has 1 amide bonds. The van der Waals surface area contributed by atoms with Crippen LogP contribution in [0.1, 0.15) is 66.4 Å². The highest BCUT2D eigenvalue weighted by Gasteiger charge is 2.28. The zero-order valence-electron chi connectivity index (χ0n) is 17.8. The van der Waals surface area contributed by atoms with Gasteiger partial charge in [0.15, 0.2) is 6.10 Å². The average molecular weight is 450 g/mol. The summed E-state index contributed by atoms with van der Waals surface area (Å²) >= 11 is 7.47. The number of fused-ring (bicyclic) bond motifs is 1. The lowest BCUT2D eigenvalue weighted by atomic mass is 10.1. The van der Waals surface area contributed by atoms with Crippen LogP contribution in [0.3, 0.4) is 0 Å². The van der Waals surface area contributed by atoms with Crippen LogP contribution in [0.5, 0.6) is 5.75 Å². The predicted molar refractivity (Wildman–Crippen MR) is 121 cm³/mol. The lowest BCUT2D eigenvalue weighted by Crippen LogP contribution is -2.30. The van der Waals surface area contributed by atoms with E-state index in [0.717, 1.165) is 43.2 Å². The Morgan fingerprint density at radius 3 is 2.57 bits per heavy atom. The number of carbonyl (C=O) groups is 2. The van der Waals surface area contributed by atoms with Gasteiger partial charge in [-0.05, 0) is 82.7 Å². The minimum absolute atomic E-state index is 0.225. The zero-order valence-corrected chi connectivity index (χ0v) is 19.4. The number of carbonyl (C=O) groups excluding carboxylic acids is 2. The van der Waals surface area contributed by atoms with E-state index in [0.29, 0.717) is 21.3 Å². The highest BCUT2D eigenvalue weighted by Crippen LogP contribution is 2.38. The Bertz CT molecular complexity index is 938. The maximum Gasteiger partial charge on any atom is 0.341 e. The highest BCUT2D eigenvalue weighted by molar-refractivity contribution is 7.17. The van der Waals surface area contributed by atoms with Crippen LogP contribution in [-0.4, -0.2) is 24.1 Å². The van der Waals surface area contributed by atoms with Gasteiger partial charge in [0.05, 0.1) is 11.7 Å². The molecule has 0 spiro atoms. The van der Waals surface area contributed by atoms with Gasteiger partial charge in [-0.1, -0.05) is 18.0 Å². The summed E-state index contributed by atoms with van der Waals surface area (Å²) in [7, 11) is 0. The number of thiophene rings is 1. The second kappa shape index (κ2) is 9.84. The lowest BCUT2D eigenvalue weighted by Gasteiger charge is -2.17. The van der Waals surface area contributed by atoms with Gasteiger partial charge in [0, 0.05) is 9.90 Å². The van der Waals surface area contributed by atoms with Crippen LogP contribution in [0, 0.1) is 6.92 Å². The maximum absolute atomic E-state index is 12.9. The minimum Gasteiger partial charge on any atom is -0.481 e. The van der Waals surface area contributed by atoms with Crippen LogP contribution in [0.4, 0.5) is 5.00 Å². The molecule has 0 saturated heterocycles. The fourth-order valence-corrected chi connectivity index (χ4v) is 5.03. The molecule has 162 valence electrons. The van der Waals surface area contributed by atoms with Crippen molar-refractivity contribution < 1.29 is 19.1 Å². The van der Waals surface area contributed by atoms with E-state index in [4.69, 9.17) is 21.1 Å². The van der Waals surface area contributed by atoms with Crippen molar-refractivity contribution in [2.45, 2.75) is 72.0 Å². The predicted octanol–water partition coefficient (Wildman–Crippen LogP) is 5.95. The van der Waals surface area contributed by atoms with Gasteiger partial charge in [-0.3, -0.25) is 4.79 Å². The summed E-state index contributed by atoms with van der Waals surface area (Å²) in [6, 6.07) is 5.27. The Balaban J connectivity index is 1.82. The van der Waals surface area contributed by atoms with E-state index in [1.54, 1.807) is 25.1 Å². The number of hydrogen-bond acceptors (Lipinski definition) is 5. The molecule has 1 atom stereocenters. The molecule has 0 saturated carbocycles. The molecule has 0 aliphatic heterocycles. The normalized spacial score (nSPS) is 14.6. The molecular formula is C23H28ClNO4S. The molecule has 7 heteroatoms. The van der Waals surface area contributed by atoms with Crippen LogP contribution >= 0.6 is 22.9 Å². The number of benzene rings is 1. The minimum atomic E-state index is -0.735. The average Bonchev–Trinajstić information content (AvgIpc) is 2.84. The van der Waals surface area contributed by atoms with E-state index in [-0.39, 0.29) is 18.0 Å². The van der Waals surface area contributed by atoms with Gasteiger partial charge in [-0.2, -0.15) is 0 Å². The Morgan fingerprint density at radius 2 is 1.87 bits per heavy atom. The summed E-state index contributed by atoms with van der Waals surface area (Å²) in [5.41, 5.74) is 2.39. The monoisotopic (exact) mass is 449 g/mol. The molecule has 1 aliphatic rings. The van der Waals surface area contributed by atoms with Gasteiger partial charge in [0.25, 0.3) is 5.91 Å². The number of anilines is 1. The summed E-state index contributed by atoms with van der Waals surface area (Å²) in [5.74, 6) is -0.0790. The fourth-order valence-electron chi connectivity index (χ4n) is 3.52. The number of aryl methyl sites for hydroxylation is 2. The van der Waals surface area contributed by atoms with Crippen molar-refractivity contribution in [3.05, 3.63) is 44.8 Å². The third-order valence-electron chi connectivity index (χ3n) is 5.01. The first-order chi connectivity index (χ1) is 14.3. The highest BCUT2D eigenvalue weighted by atomic mass is 35.5. The molecule has 5 nitrogen and oxygen atoms in total. The SMILES string of the molecule is Cc1cc(Cl)ccc1OC(C)C(=O)Nc1sc2c(c1C(=O)OC(C)C)CCCCC2. The van der Waals surface area contributed by atoms with Crippen molar-refractivity contribution >= 4 is 39.8 Å². The number of hydrogen-bond donors (Lipinski definition) is 1. The first-order valence-electron chi connectivity index (χ1n) is 10.4. The zero-order chi connectivity index (χ0) is 21.8. The van der Waals surface area contributed by atoms with Gasteiger partial charge in [-0.15, -0.1) is 11.3 Å². The van der Waals surface area contributed by atoms with Crippen molar-refractivity contribution in [3.8, 4) is 5.75 Å². The number of ether oxygens (including phenoxy) is 2. The summed E-state index contributed by atoms with van der Waals surface area (Å²) in [6.07, 6.45) is 4.07. The second-order valence-electron chi connectivity index (χ2n) is 7.88. The molecule has 1 aromatic heterocycles. The summed E-state index contributed by atoms with van der Waals surface area (Å²) < 4.78 is 11.3. The van der Waals surface area contributed by atoms with Gasteiger partial charge in [-0.25, -0.2) is 4.79 Å². The van der Waals surface area contributed by atoms with E-state index in [1.807, 2.05) is 20.8 Å². The molecule has 30 heavy (non-hydrogen) atoms. The number of nitrogens with one attached hydrogen (secondary N) is 1. The van der Waals surface area contributed by atoms with Crippen molar-refractivity contribution in [2.75, 3.05) is 5.32 Å². The van der Waals surface area contributed by atoms with Crippen molar-refractivity contribution in [1.82, 2.24) is 0 Å². The molecule has 3 rings (SSSR count). The summed E-state index contributed by atoms with van der Waals surface area (Å²) in [6.45, 7) is 7.22. The number of halogens is 1. The van der Waals surface area contributed by atoms with E-state index in [9.17, 15) is 9.59 Å². The van der Waals surface area contributed by atoms with Gasteiger partial charge in [0.1, 0.15) is 10.8 Å². The van der Waals surface area contributed by atoms with E-state index in [2.05, 4.69) is 5.32 Å². The molecule has 0 fully saturated rings. The molecule has 1 N–H and O–H groups in total. The van der Waals surface area contributed by atoms with Crippen LogP contribution < -0.4 is 10.1 Å². The number of esters is 1. The molecule has 0 bridgehead atoms. The van der Waals surface area contributed by atoms with Gasteiger partial charge >= 0.3 is 5.97 Å². The standard InChI is InChI=1S/C23H28ClNO4S/c1-13(2)28-23(27)20-17-8-6-5-7-9-19(17)30-22(20)25-21(26)15(4)29-18-11-10-16(24)12-14(18)3/h10-13,15H,5-9H2,1-4H3,(H,25,26). The molecule has 0 radical (unpaired) electrons. The maximum atomic E-state index is 12.9. The van der Waals surface area contributed by atoms with Crippen molar-refractivity contribution in [1.29, 1.82) is 0 Å². The Hall–Kier alpha value is -2.05. The second-order valence-corrected chi connectivity index (χ2v) is 9.42. The molecule has 1 aliphatic carbocycles. The van der Waals surface area contributed by atoms with Crippen molar-refractivity contribution in [2.24, 2.45) is 0 Å². The molecule has 1 heterocycles. The fraction of sp³-hybridized carbons (Fsp3) is 0.478. The molecular weight excluding hydrogens is 422 g/mol. The van der Waals surface area contributed by atoms with E-state index < -0.39 is 6.10 Å². The smallest absolute Gasteiger partial charge is 0.341 e. The number of rotatable bonds is 6. The van der Waals surface area contributed by atoms with Crippen LogP contribution in [0.2, 0.25) is 5.02 Å². The van der Waals surface area contributed by atoms with Crippen molar-refractivity contribution in [3.63, 3.8) is 0 Å². The van der Waals surface area contributed by atoms with Gasteiger partial charge in [0.2, 0.25) is 0 Å².